The number of halogens is 2. The highest BCUT2D eigenvalue weighted by Crippen LogP contribution is 2.39. The molecule has 0 fully saturated rings. The van der Waals surface area contributed by atoms with E-state index in [9.17, 15) is 8.78 Å². The van der Waals surface area contributed by atoms with Gasteiger partial charge in [-0.25, -0.2) is 8.78 Å². The Balaban J connectivity index is 2.02. The first-order chi connectivity index (χ1) is 9.94. The molecular weight excluding hydrogens is 276 g/mol. The van der Waals surface area contributed by atoms with Crippen LogP contribution in [0.25, 0.3) is 0 Å². The van der Waals surface area contributed by atoms with Gasteiger partial charge >= 0.3 is 0 Å². The Bertz CT molecular complexity index is 477. The molecule has 3 nitrogen and oxygen atoms in total. The highest BCUT2D eigenvalue weighted by Gasteiger charge is 2.32. The molecule has 0 aromatic heterocycles. The molecule has 5 heteroatoms. The van der Waals surface area contributed by atoms with Gasteiger partial charge in [-0.15, -0.1) is 0 Å². The predicted octanol–water partition coefficient (Wildman–Crippen LogP) is 3.29. The molecule has 0 saturated carbocycles. The van der Waals surface area contributed by atoms with Crippen molar-refractivity contribution in [1.29, 1.82) is 0 Å². The van der Waals surface area contributed by atoms with Crippen LogP contribution in [0.1, 0.15) is 37.4 Å². The van der Waals surface area contributed by atoms with Crippen LogP contribution in [-0.2, 0) is 10.2 Å². The van der Waals surface area contributed by atoms with E-state index in [1.54, 1.807) is 0 Å². The molecule has 0 spiro atoms. The van der Waals surface area contributed by atoms with Crippen LogP contribution in [-0.4, -0.2) is 33.3 Å². The Hall–Kier alpha value is -1.20. The molecule has 0 radical (unpaired) electrons. The van der Waals surface area contributed by atoms with Crippen molar-refractivity contribution in [3.8, 4) is 5.75 Å². The number of hydrogen-bond acceptors (Lipinski definition) is 3. The average Bonchev–Trinajstić information content (AvgIpc) is 2.74. The smallest absolute Gasteiger partial charge is 0.261 e. The van der Waals surface area contributed by atoms with Crippen LogP contribution in [0.4, 0.5) is 8.78 Å². The second-order valence-corrected chi connectivity index (χ2v) is 6.02. The van der Waals surface area contributed by atoms with Gasteiger partial charge in [0.2, 0.25) is 0 Å². The van der Waals surface area contributed by atoms with E-state index >= 15 is 0 Å². The number of benzene rings is 1. The number of ether oxygens (including phenoxy) is 2. The second-order valence-electron chi connectivity index (χ2n) is 6.02. The van der Waals surface area contributed by atoms with Crippen molar-refractivity contribution < 1.29 is 18.3 Å². The van der Waals surface area contributed by atoms with Crippen LogP contribution in [0.15, 0.2) is 18.2 Å². The van der Waals surface area contributed by atoms with Crippen LogP contribution < -0.4 is 10.1 Å². The van der Waals surface area contributed by atoms with Crippen molar-refractivity contribution >= 4 is 0 Å². The molecule has 2 rings (SSSR count). The fourth-order valence-electron chi connectivity index (χ4n) is 2.61. The van der Waals surface area contributed by atoms with Crippen molar-refractivity contribution in [1.82, 2.24) is 5.32 Å². The van der Waals surface area contributed by atoms with Gasteiger partial charge in [0.25, 0.3) is 6.43 Å². The van der Waals surface area contributed by atoms with E-state index in [4.69, 9.17) is 9.47 Å². The number of hydrogen-bond donors (Lipinski definition) is 1. The predicted molar refractivity (Wildman–Crippen MR) is 78.2 cm³/mol. The van der Waals surface area contributed by atoms with Crippen molar-refractivity contribution in [2.75, 3.05) is 26.9 Å². The number of fused-ring (bicyclic) bond motifs is 1. The largest absolute Gasteiger partial charge is 0.492 e. The Labute approximate surface area is 124 Å². The summed E-state index contributed by atoms with van der Waals surface area (Å²) in [6.45, 7) is 4.81. The van der Waals surface area contributed by atoms with Crippen molar-refractivity contribution in [2.24, 2.45) is 0 Å². The number of alkyl halides is 2. The zero-order valence-electron chi connectivity index (χ0n) is 12.8. The summed E-state index contributed by atoms with van der Waals surface area (Å²) in [4.78, 5) is 0. The maximum Gasteiger partial charge on any atom is 0.261 e. The minimum atomic E-state index is -2.41. The molecule has 1 aliphatic rings. The summed E-state index contributed by atoms with van der Waals surface area (Å²) in [5.41, 5.74) is 2.35. The lowest BCUT2D eigenvalue weighted by Gasteiger charge is -2.20. The number of nitrogens with one attached hydrogen (secondary N) is 1. The second kappa shape index (κ2) is 6.71. The summed E-state index contributed by atoms with van der Waals surface area (Å²) in [6, 6.07) is 6.25. The van der Waals surface area contributed by atoms with E-state index in [1.165, 1.54) is 5.56 Å². The minimum Gasteiger partial charge on any atom is -0.492 e. The molecule has 0 aliphatic carbocycles. The van der Waals surface area contributed by atoms with Gasteiger partial charge in [-0.3, -0.25) is 0 Å². The molecule has 1 heterocycles. The van der Waals surface area contributed by atoms with Gasteiger partial charge in [0.15, 0.2) is 0 Å². The van der Waals surface area contributed by atoms with Crippen molar-refractivity contribution in [3.05, 3.63) is 29.3 Å². The third kappa shape index (κ3) is 3.92. The topological polar surface area (TPSA) is 30.5 Å². The molecule has 118 valence electrons. The van der Waals surface area contributed by atoms with E-state index < -0.39 is 13.0 Å². The lowest BCUT2D eigenvalue weighted by atomic mass is 9.85. The Kier molecular flexibility index (Phi) is 5.17. The van der Waals surface area contributed by atoms with Crippen molar-refractivity contribution in [3.63, 3.8) is 0 Å². The summed E-state index contributed by atoms with van der Waals surface area (Å²) in [7, 11) is 1.87. The maximum absolute atomic E-state index is 12.0. The van der Waals surface area contributed by atoms with Gasteiger partial charge in [-0.2, -0.15) is 0 Å². The highest BCUT2D eigenvalue weighted by molar-refractivity contribution is 5.45. The monoisotopic (exact) mass is 299 g/mol. The Morgan fingerprint density at radius 1 is 1.38 bits per heavy atom. The summed E-state index contributed by atoms with van der Waals surface area (Å²) in [5, 5.41) is 3.22. The standard InChI is InChI=1S/C16H23F2NO2/c1-16(2)10-21-14-5-4-11(8-12(14)16)13(19-3)6-7-20-9-15(17)18/h4-5,8,13,15,19H,6-7,9-10H2,1-3H3. The van der Waals surface area contributed by atoms with E-state index in [0.29, 0.717) is 19.6 Å². The number of rotatable bonds is 7. The molecule has 0 saturated heterocycles. The van der Waals surface area contributed by atoms with Gasteiger partial charge in [-0.05, 0) is 31.2 Å². The third-order valence-corrected chi connectivity index (χ3v) is 3.87. The van der Waals surface area contributed by atoms with Crippen LogP contribution in [0.2, 0.25) is 0 Å². The lowest BCUT2D eigenvalue weighted by molar-refractivity contribution is 0.0145. The first kappa shape index (κ1) is 16.2. The fraction of sp³-hybridized carbons (Fsp3) is 0.625. The van der Waals surface area contributed by atoms with E-state index in [2.05, 4.69) is 25.2 Å². The van der Waals surface area contributed by atoms with Gasteiger partial charge in [-0.1, -0.05) is 19.9 Å². The lowest BCUT2D eigenvalue weighted by Crippen LogP contribution is -2.21. The molecule has 1 unspecified atom stereocenters. The molecular formula is C16H23F2NO2. The third-order valence-electron chi connectivity index (χ3n) is 3.87. The van der Waals surface area contributed by atoms with Gasteiger partial charge in [0.1, 0.15) is 12.4 Å². The normalized spacial score (nSPS) is 17.6. The van der Waals surface area contributed by atoms with Gasteiger partial charge < -0.3 is 14.8 Å². The minimum absolute atomic E-state index is 0.00973. The zero-order chi connectivity index (χ0) is 15.5. The van der Waals surface area contributed by atoms with Gasteiger partial charge in [0.05, 0.1) is 6.61 Å². The van der Waals surface area contributed by atoms with E-state index in [0.717, 1.165) is 11.3 Å². The first-order valence-corrected chi connectivity index (χ1v) is 7.24. The summed E-state index contributed by atoms with van der Waals surface area (Å²) in [6.07, 6.45) is -1.75. The van der Waals surface area contributed by atoms with E-state index in [1.807, 2.05) is 19.2 Å². The van der Waals surface area contributed by atoms with Crippen LogP contribution in [0.5, 0.6) is 5.75 Å². The van der Waals surface area contributed by atoms with Gasteiger partial charge in [0, 0.05) is 23.6 Å². The first-order valence-electron chi connectivity index (χ1n) is 7.24. The molecule has 0 bridgehead atoms. The average molecular weight is 299 g/mol. The molecule has 1 N–H and O–H groups in total. The summed E-state index contributed by atoms with van der Waals surface area (Å²) < 4.78 is 34.7. The highest BCUT2D eigenvalue weighted by atomic mass is 19.3. The Morgan fingerprint density at radius 2 is 2.14 bits per heavy atom. The van der Waals surface area contributed by atoms with Crippen molar-refractivity contribution in [2.45, 2.75) is 38.2 Å². The SMILES string of the molecule is CNC(CCOCC(F)F)c1ccc2c(c1)C(C)(C)CO2. The van der Waals surface area contributed by atoms with E-state index in [-0.39, 0.29) is 11.5 Å². The zero-order valence-corrected chi connectivity index (χ0v) is 12.8. The molecule has 1 aromatic rings. The molecule has 1 aliphatic heterocycles. The Morgan fingerprint density at radius 3 is 2.81 bits per heavy atom. The van der Waals surface area contributed by atoms with Crippen LogP contribution >= 0.6 is 0 Å². The quantitative estimate of drug-likeness (QED) is 0.784. The molecule has 21 heavy (non-hydrogen) atoms. The van der Waals surface area contributed by atoms with Crippen LogP contribution in [0, 0.1) is 0 Å². The molecule has 1 aromatic carbocycles. The molecule has 0 amide bonds. The summed E-state index contributed by atoms with van der Waals surface area (Å²) >= 11 is 0. The molecule has 1 atom stereocenters. The van der Waals surface area contributed by atoms with Crippen LogP contribution in [0.3, 0.4) is 0 Å². The fourth-order valence-corrected chi connectivity index (χ4v) is 2.61. The summed E-state index contributed by atoms with van der Waals surface area (Å²) in [5.74, 6) is 0.938. The maximum atomic E-state index is 12.0.